The van der Waals surface area contributed by atoms with Gasteiger partial charge in [0, 0.05) is 18.4 Å². The average molecular weight is 352 g/mol. The van der Waals surface area contributed by atoms with Gasteiger partial charge in [-0.2, -0.15) is 0 Å². The molecule has 2 aromatic carbocycles. The van der Waals surface area contributed by atoms with E-state index in [1.165, 1.54) is 18.2 Å². The maximum absolute atomic E-state index is 12.4. The van der Waals surface area contributed by atoms with Crippen LogP contribution in [0.3, 0.4) is 0 Å². The number of hydrogen-bond acceptors (Lipinski definition) is 5. The summed E-state index contributed by atoms with van der Waals surface area (Å²) in [5.74, 6) is -2.22. The second kappa shape index (κ2) is 7.18. The number of anilines is 1. The van der Waals surface area contributed by atoms with Crippen molar-refractivity contribution in [2.75, 3.05) is 4.90 Å². The highest BCUT2D eigenvalue weighted by molar-refractivity contribution is 6.20. The number of nitrogens with two attached hydrogens (primary N) is 1. The quantitative estimate of drug-likeness (QED) is 0.651. The topological polar surface area (TPSA) is 107 Å². The first kappa shape index (κ1) is 17.3. The second-order valence-corrected chi connectivity index (χ2v) is 5.77. The molecule has 26 heavy (non-hydrogen) atoms. The molecule has 0 unspecified atom stereocenters. The van der Waals surface area contributed by atoms with Crippen molar-refractivity contribution >= 4 is 29.4 Å². The van der Waals surface area contributed by atoms with Crippen molar-refractivity contribution in [3.8, 4) is 0 Å². The lowest BCUT2D eigenvalue weighted by Gasteiger charge is -2.17. The Morgan fingerprint density at radius 1 is 0.962 bits per heavy atom. The van der Waals surface area contributed by atoms with Gasteiger partial charge < -0.3 is 10.5 Å². The zero-order valence-electron chi connectivity index (χ0n) is 13.8. The van der Waals surface area contributed by atoms with E-state index in [2.05, 4.69) is 0 Å². The fourth-order valence-corrected chi connectivity index (χ4v) is 2.73. The minimum atomic E-state index is -1.23. The van der Waals surface area contributed by atoms with Crippen molar-refractivity contribution < 1.29 is 23.9 Å². The van der Waals surface area contributed by atoms with Crippen LogP contribution in [0, 0.1) is 0 Å². The number of primary amides is 1. The van der Waals surface area contributed by atoms with Crippen molar-refractivity contribution in [2.24, 2.45) is 5.73 Å². The molecular weight excluding hydrogens is 336 g/mol. The predicted octanol–water partition coefficient (Wildman–Crippen LogP) is 1.72. The number of carbonyl (C=O) groups is 4. The minimum absolute atomic E-state index is 0.109. The number of amides is 3. The molecule has 0 aromatic heterocycles. The fourth-order valence-electron chi connectivity index (χ4n) is 2.73. The van der Waals surface area contributed by atoms with Gasteiger partial charge in [0.1, 0.15) is 0 Å². The number of hydrogen-bond donors (Lipinski definition) is 1. The molecule has 0 saturated carbocycles. The maximum Gasteiger partial charge on any atom is 0.339 e. The smallest absolute Gasteiger partial charge is 0.339 e. The van der Waals surface area contributed by atoms with Crippen LogP contribution in [-0.2, 0) is 19.1 Å². The van der Waals surface area contributed by atoms with E-state index in [0.29, 0.717) is 11.3 Å². The van der Waals surface area contributed by atoms with E-state index in [0.717, 1.165) is 4.90 Å². The molecule has 1 aliphatic rings. The molecule has 1 saturated heterocycles. The number of imide groups is 1. The Bertz CT molecular complexity index is 863. The van der Waals surface area contributed by atoms with Gasteiger partial charge in [-0.1, -0.05) is 36.4 Å². The Balaban J connectivity index is 1.84. The molecule has 1 aliphatic heterocycles. The first-order valence-corrected chi connectivity index (χ1v) is 7.98. The molecule has 3 rings (SSSR count). The number of carbonyl (C=O) groups excluding carboxylic acids is 4. The molecule has 1 fully saturated rings. The van der Waals surface area contributed by atoms with E-state index in [4.69, 9.17) is 10.5 Å². The van der Waals surface area contributed by atoms with E-state index in [1.807, 2.05) is 0 Å². The first-order valence-electron chi connectivity index (χ1n) is 7.98. The van der Waals surface area contributed by atoms with Crippen molar-refractivity contribution in [1.29, 1.82) is 0 Å². The van der Waals surface area contributed by atoms with Crippen molar-refractivity contribution in [1.82, 2.24) is 0 Å². The highest BCUT2D eigenvalue weighted by atomic mass is 16.5. The fraction of sp³-hybridized carbons (Fsp3) is 0.158. The molecule has 2 N–H and O–H groups in total. The Kier molecular flexibility index (Phi) is 4.79. The molecule has 0 bridgehead atoms. The Labute approximate surface area is 149 Å². The first-order chi connectivity index (χ1) is 12.5. The number of nitrogens with zero attached hydrogens (tertiary/aromatic N) is 1. The summed E-state index contributed by atoms with van der Waals surface area (Å²) in [7, 11) is 0. The van der Waals surface area contributed by atoms with E-state index < -0.39 is 18.0 Å². The van der Waals surface area contributed by atoms with Crippen LogP contribution in [0.5, 0.6) is 0 Å². The molecular formula is C19H16N2O5. The van der Waals surface area contributed by atoms with Crippen LogP contribution < -0.4 is 10.6 Å². The summed E-state index contributed by atoms with van der Waals surface area (Å²) >= 11 is 0. The molecule has 0 aliphatic carbocycles. The second-order valence-electron chi connectivity index (χ2n) is 5.77. The van der Waals surface area contributed by atoms with E-state index in [1.54, 1.807) is 36.4 Å². The van der Waals surface area contributed by atoms with Gasteiger partial charge in [0.2, 0.25) is 17.9 Å². The number of benzene rings is 2. The lowest BCUT2D eigenvalue weighted by molar-refractivity contribution is -0.127. The largest absolute Gasteiger partial charge is 0.444 e. The number of esters is 1. The summed E-state index contributed by atoms with van der Waals surface area (Å²) in [6, 6.07) is 14.4. The van der Waals surface area contributed by atoms with E-state index >= 15 is 0 Å². The SMILES string of the molecule is NC(=O)[C@H](OC(=O)c1cccc(N2C(=O)CCC2=O)c1)c1ccccc1. The van der Waals surface area contributed by atoms with Gasteiger partial charge in [0.05, 0.1) is 11.3 Å². The van der Waals surface area contributed by atoms with E-state index in [-0.39, 0.29) is 30.2 Å². The summed E-state index contributed by atoms with van der Waals surface area (Å²) in [6.07, 6.45) is -0.946. The third-order valence-electron chi connectivity index (χ3n) is 3.98. The third kappa shape index (κ3) is 3.46. The molecule has 3 amide bonds. The van der Waals surface area contributed by atoms with Crippen LogP contribution in [-0.4, -0.2) is 23.7 Å². The summed E-state index contributed by atoms with van der Waals surface area (Å²) < 4.78 is 5.25. The molecule has 7 nitrogen and oxygen atoms in total. The molecule has 0 radical (unpaired) electrons. The van der Waals surface area contributed by atoms with Crippen LogP contribution in [0.1, 0.15) is 34.9 Å². The summed E-state index contributed by atoms with van der Waals surface area (Å²) in [5.41, 5.74) is 6.20. The molecule has 1 atom stereocenters. The standard InChI is InChI=1S/C19H16N2O5/c20-18(24)17(12-5-2-1-3-6-12)26-19(25)13-7-4-8-14(11-13)21-15(22)9-10-16(21)23/h1-8,11,17H,9-10H2,(H2,20,24)/t17-/m1/s1. The van der Waals surface area contributed by atoms with Crippen molar-refractivity contribution in [3.63, 3.8) is 0 Å². The minimum Gasteiger partial charge on any atom is -0.444 e. The molecule has 7 heteroatoms. The van der Waals surface area contributed by atoms with Crippen LogP contribution in [0.15, 0.2) is 54.6 Å². The Hall–Kier alpha value is -3.48. The molecule has 1 heterocycles. The molecule has 2 aromatic rings. The lowest BCUT2D eigenvalue weighted by Crippen LogP contribution is -2.29. The van der Waals surface area contributed by atoms with E-state index in [9.17, 15) is 19.2 Å². The maximum atomic E-state index is 12.4. The number of rotatable bonds is 5. The Morgan fingerprint density at radius 2 is 1.62 bits per heavy atom. The van der Waals surface area contributed by atoms with Gasteiger partial charge >= 0.3 is 5.97 Å². The van der Waals surface area contributed by atoms with Gasteiger partial charge in [-0.3, -0.25) is 19.3 Å². The lowest BCUT2D eigenvalue weighted by atomic mass is 10.1. The van der Waals surface area contributed by atoms with Gasteiger partial charge in [-0.15, -0.1) is 0 Å². The zero-order valence-corrected chi connectivity index (χ0v) is 13.8. The predicted molar refractivity (Wildman–Crippen MR) is 92.0 cm³/mol. The summed E-state index contributed by atoms with van der Waals surface area (Å²) in [4.78, 5) is 48.9. The highest BCUT2D eigenvalue weighted by Gasteiger charge is 2.31. The van der Waals surface area contributed by atoms with Gasteiger partial charge in [-0.05, 0) is 18.2 Å². The Morgan fingerprint density at radius 3 is 2.23 bits per heavy atom. The van der Waals surface area contributed by atoms with Crippen LogP contribution >= 0.6 is 0 Å². The van der Waals surface area contributed by atoms with Crippen LogP contribution in [0.2, 0.25) is 0 Å². The monoisotopic (exact) mass is 352 g/mol. The van der Waals surface area contributed by atoms with Crippen LogP contribution in [0.4, 0.5) is 5.69 Å². The summed E-state index contributed by atoms with van der Waals surface area (Å²) in [6.45, 7) is 0. The van der Waals surface area contributed by atoms with Gasteiger partial charge in [0.15, 0.2) is 0 Å². The number of ether oxygens (including phenoxy) is 1. The van der Waals surface area contributed by atoms with Crippen molar-refractivity contribution in [3.05, 3.63) is 65.7 Å². The summed E-state index contributed by atoms with van der Waals surface area (Å²) in [5, 5.41) is 0. The normalized spacial score (nSPS) is 15.0. The van der Waals surface area contributed by atoms with Crippen molar-refractivity contribution in [2.45, 2.75) is 18.9 Å². The van der Waals surface area contributed by atoms with Crippen LogP contribution in [0.25, 0.3) is 0 Å². The average Bonchev–Trinajstić information content (AvgIpc) is 2.98. The molecule has 0 spiro atoms. The van der Waals surface area contributed by atoms with Gasteiger partial charge in [0.25, 0.3) is 5.91 Å². The third-order valence-corrected chi connectivity index (χ3v) is 3.98. The van der Waals surface area contributed by atoms with Gasteiger partial charge in [-0.25, -0.2) is 4.79 Å². The molecule has 132 valence electrons. The zero-order chi connectivity index (χ0) is 18.7. The highest BCUT2D eigenvalue weighted by Crippen LogP contribution is 2.25.